The second kappa shape index (κ2) is 17.7. The zero-order valence-corrected chi connectivity index (χ0v) is 23.5. The predicted octanol–water partition coefficient (Wildman–Crippen LogP) is 6.63. The number of nitrogens with zero attached hydrogens (tertiary/aromatic N) is 3. The van der Waals surface area contributed by atoms with Crippen molar-refractivity contribution >= 4 is 0 Å². The first-order valence-electron chi connectivity index (χ1n) is 14.0. The third-order valence-corrected chi connectivity index (χ3v) is 6.65. The normalized spacial score (nSPS) is 13.9. The van der Waals surface area contributed by atoms with E-state index in [1.807, 2.05) is 121 Å². The molecule has 0 aromatic heterocycles. The molecule has 4 aromatic rings. The predicted molar refractivity (Wildman–Crippen MR) is 161 cm³/mol. The molecule has 4 aromatic carbocycles. The van der Waals surface area contributed by atoms with Crippen LogP contribution in [0.4, 0.5) is 0 Å². The monoisotopic (exact) mass is 567 g/mol. The van der Waals surface area contributed by atoms with Crippen LogP contribution >= 0.6 is 0 Å². The molecule has 0 saturated heterocycles. The summed E-state index contributed by atoms with van der Waals surface area (Å²) >= 11 is 0. The molecule has 0 heterocycles. The van der Waals surface area contributed by atoms with Gasteiger partial charge in [-0.05, 0) is 27.8 Å². The van der Waals surface area contributed by atoms with Gasteiger partial charge in [-0.25, -0.2) is 0 Å². The molecule has 0 unspecified atom stereocenters. The fourth-order valence-corrected chi connectivity index (χ4v) is 4.48. The lowest BCUT2D eigenvalue weighted by molar-refractivity contribution is -0.157. The molecule has 4 rings (SSSR count). The van der Waals surface area contributed by atoms with Crippen molar-refractivity contribution in [3.8, 4) is 0 Å². The van der Waals surface area contributed by atoms with E-state index in [2.05, 4.69) is 10.0 Å². The van der Waals surface area contributed by atoms with Gasteiger partial charge in [0.25, 0.3) is 0 Å². The Hall–Kier alpha value is -4.01. The maximum Gasteiger partial charge on any atom is 0.113 e. The van der Waals surface area contributed by atoms with E-state index in [4.69, 9.17) is 18.9 Å². The van der Waals surface area contributed by atoms with Crippen LogP contribution in [0.15, 0.2) is 126 Å². The molecule has 8 heteroatoms. The van der Waals surface area contributed by atoms with Gasteiger partial charge in [-0.3, -0.25) is 0 Å². The highest BCUT2D eigenvalue weighted by molar-refractivity contribution is 5.16. The third-order valence-electron chi connectivity index (χ3n) is 6.65. The highest BCUT2D eigenvalue weighted by atomic mass is 16.6. The Morgan fingerprint density at radius 3 is 1.36 bits per heavy atom. The molecule has 0 aliphatic rings. The summed E-state index contributed by atoms with van der Waals surface area (Å²) < 4.78 is 24.6. The summed E-state index contributed by atoms with van der Waals surface area (Å²) in [6.45, 7) is 1.18. The quantitative estimate of drug-likeness (QED) is 0.0825. The summed E-state index contributed by atoms with van der Waals surface area (Å²) in [6.07, 6.45) is -2.81. The van der Waals surface area contributed by atoms with Crippen molar-refractivity contribution in [1.29, 1.82) is 0 Å². The number of ether oxygens (including phenoxy) is 4. The Kier molecular flexibility index (Phi) is 13.1. The van der Waals surface area contributed by atoms with Crippen molar-refractivity contribution in [2.45, 2.75) is 50.8 Å². The van der Waals surface area contributed by atoms with Crippen LogP contribution in [0.5, 0.6) is 0 Å². The number of azide groups is 1. The molecule has 218 valence electrons. The first-order valence-corrected chi connectivity index (χ1v) is 14.0. The van der Waals surface area contributed by atoms with E-state index in [9.17, 15) is 10.6 Å². The fourth-order valence-electron chi connectivity index (χ4n) is 4.48. The topological polar surface area (TPSA) is 106 Å². The number of aliphatic hydroxyl groups is 1. The lowest BCUT2D eigenvalue weighted by Crippen LogP contribution is -2.50. The second-order valence-electron chi connectivity index (χ2n) is 9.86. The molecule has 0 amide bonds. The largest absolute Gasteiger partial charge is 0.388 e. The van der Waals surface area contributed by atoms with Gasteiger partial charge in [0.2, 0.25) is 0 Å². The Balaban J connectivity index is 1.54. The minimum atomic E-state index is -1.08. The molecule has 0 bridgehead atoms. The molecule has 8 nitrogen and oxygen atoms in total. The number of aliphatic hydroxyl groups excluding tert-OH is 1. The maximum absolute atomic E-state index is 11.4. The lowest BCUT2D eigenvalue weighted by Gasteiger charge is -2.34. The van der Waals surface area contributed by atoms with E-state index in [-0.39, 0.29) is 26.4 Å². The number of benzene rings is 4. The average Bonchev–Trinajstić information content (AvgIpc) is 3.04. The summed E-state index contributed by atoms with van der Waals surface area (Å²) in [6, 6.07) is 38.1. The minimum Gasteiger partial charge on any atom is -0.388 e. The van der Waals surface area contributed by atoms with Crippen LogP contribution in [0.25, 0.3) is 10.4 Å². The van der Waals surface area contributed by atoms with Crippen LogP contribution < -0.4 is 0 Å². The van der Waals surface area contributed by atoms with Gasteiger partial charge in [0.05, 0.1) is 51.8 Å². The molecule has 0 aliphatic heterocycles. The van der Waals surface area contributed by atoms with E-state index < -0.39 is 24.4 Å². The van der Waals surface area contributed by atoms with Gasteiger partial charge in [-0.2, -0.15) is 0 Å². The Morgan fingerprint density at radius 2 is 0.929 bits per heavy atom. The van der Waals surface area contributed by atoms with E-state index >= 15 is 0 Å². The Bertz CT molecular complexity index is 1320. The van der Waals surface area contributed by atoms with Gasteiger partial charge >= 0.3 is 0 Å². The van der Waals surface area contributed by atoms with Crippen LogP contribution in [0.1, 0.15) is 22.3 Å². The molecule has 42 heavy (non-hydrogen) atoms. The molecule has 0 fully saturated rings. The summed E-state index contributed by atoms with van der Waals surface area (Å²) in [4.78, 5) is 3.10. The van der Waals surface area contributed by atoms with Gasteiger partial charge in [-0.15, -0.1) is 0 Å². The van der Waals surface area contributed by atoms with Gasteiger partial charge in [0.15, 0.2) is 0 Å². The van der Waals surface area contributed by atoms with Crippen molar-refractivity contribution in [3.63, 3.8) is 0 Å². The molecular weight excluding hydrogens is 530 g/mol. The zero-order valence-electron chi connectivity index (χ0n) is 23.5. The standard InChI is InChI=1S/C34H37N3O5/c35-37-36-31(25-39-21-27-13-5-1-6-14-27)33(41-23-29-17-9-3-10-18-29)34(42-24-30-19-11-4-12-20-30)32(38)26-40-22-28-15-7-2-8-16-28/h1-20,31-34,38H,21-26H2/t31-,32-,33-,34-/m1/s1. The smallest absolute Gasteiger partial charge is 0.113 e. The molecule has 0 aliphatic carbocycles. The van der Waals surface area contributed by atoms with E-state index in [0.29, 0.717) is 13.2 Å². The van der Waals surface area contributed by atoms with Crippen LogP contribution in [-0.4, -0.2) is 42.7 Å². The number of rotatable bonds is 18. The highest BCUT2D eigenvalue weighted by Crippen LogP contribution is 2.21. The maximum atomic E-state index is 11.4. The van der Waals surface area contributed by atoms with Crippen LogP contribution in [0.3, 0.4) is 0 Å². The van der Waals surface area contributed by atoms with Gasteiger partial charge < -0.3 is 24.1 Å². The Labute approximate surface area is 247 Å². The Morgan fingerprint density at radius 1 is 0.548 bits per heavy atom. The average molecular weight is 568 g/mol. The summed E-state index contributed by atoms with van der Waals surface area (Å²) in [5.74, 6) is 0. The second-order valence-corrected chi connectivity index (χ2v) is 9.86. The minimum absolute atomic E-state index is 0.00654. The van der Waals surface area contributed by atoms with Gasteiger partial charge in [0, 0.05) is 4.91 Å². The van der Waals surface area contributed by atoms with Crippen LogP contribution in [0.2, 0.25) is 0 Å². The van der Waals surface area contributed by atoms with Crippen LogP contribution in [-0.2, 0) is 45.4 Å². The molecule has 0 radical (unpaired) electrons. The highest BCUT2D eigenvalue weighted by Gasteiger charge is 2.36. The van der Waals surface area contributed by atoms with Crippen molar-refractivity contribution in [2.75, 3.05) is 13.2 Å². The fraction of sp³-hybridized carbons (Fsp3) is 0.294. The summed E-state index contributed by atoms with van der Waals surface area (Å²) in [5, 5.41) is 15.5. The van der Waals surface area contributed by atoms with Crippen molar-refractivity contribution in [3.05, 3.63) is 154 Å². The van der Waals surface area contributed by atoms with E-state index in [1.165, 1.54) is 0 Å². The molecular formula is C34H37N3O5. The lowest BCUT2D eigenvalue weighted by atomic mass is 10.0. The van der Waals surface area contributed by atoms with Crippen molar-refractivity contribution in [1.82, 2.24) is 0 Å². The number of hydrogen-bond acceptors (Lipinski definition) is 6. The van der Waals surface area contributed by atoms with E-state index in [0.717, 1.165) is 22.3 Å². The zero-order chi connectivity index (χ0) is 29.2. The number of hydrogen-bond donors (Lipinski definition) is 1. The summed E-state index contributed by atoms with van der Waals surface area (Å²) in [5.41, 5.74) is 13.4. The van der Waals surface area contributed by atoms with Crippen LogP contribution in [0, 0.1) is 0 Å². The SMILES string of the molecule is [N-]=[N+]=N[C@H](COCc1ccccc1)[C@@H](OCc1ccccc1)[C@H](OCc1ccccc1)[C@H](O)COCc1ccccc1. The first kappa shape index (κ1) is 30.9. The third kappa shape index (κ3) is 10.4. The molecule has 0 spiro atoms. The first-order chi connectivity index (χ1) is 20.7. The van der Waals surface area contributed by atoms with E-state index in [1.54, 1.807) is 0 Å². The molecule has 4 atom stereocenters. The molecule has 1 N–H and O–H groups in total. The van der Waals surface area contributed by atoms with Crippen molar-refractivity contribution in [2.24, 2.45) is 5.11 Å². The van der Waals surface area contributed by atoms with Crippen molar-refractivity contribution < 1.29 is 24.1 Å². The van der Waals surface area contributed by atoms with Gasteiger partial charge in [0.1, 0.15) is 12.2 Å². The van der Waals surface area contributed by atoms with Gasteiger partial charge in [-0.1, -0.05) is 126 Å². The molecule has 0 saturated carbocycles. The summed E-state index contributed by atoms with van der Waals surface area (Å²) in [7, 11) is 0.